The number of benzene rings is 3. The number of hydrogen-bond donors (Lipinski definition) is 2. The van der Waals surface area contributed by atoms with Gasteiger partial charge in [0.05, 0.1) is 11.3 Å². The quantitative estimate of drug-likeness (QED) is 0.202. The lowest BCUT2D eigenvalue weighted by Gasteiger charge is -2.11. The maximum Gasteiger partial charge on any atom is 0.343 e. The van der Waals surface area contributed by atoms with E-state index >= 15 is 0 Å². The van der Waals surface area contributed by atoms with Gasteiger partial charge in [0.25, 0.3) is 0 Å². The largest absolute Gasteiger partial charge is 0.422 e. The highest BCUT2D eigenvalue weighted by Gasteiger charge is 2.17. The summed E-state index contributed by atoms with van der Waals surface area (Å²) in [5, 5.41) is 6.63. The molecule has 168 valence electrons. The topological polar surface area (TPSA) is 96.9 Å². The number of carbonyl (C=O) groups excluding carboxylic acids is 3. The molecule has 0 spiro atoms. The Balaban J connectivity index is 1.71. The van der Waals surface area contributed by atoms with Crippen molar-refractivity contribution >= 4 is 29.2 Å². The second-order valence-electron chi connectivity index (χ2n) is 7.61. The third-order valence-electron chi connectivity index (χ3n) is 4.98. The molecule has 3 aromatic carbocycles. The lowest BCUT2D eigenvalue weighted by Crippen LogP contribution is -2.33. The van der Waals surface area contributed by atoms with Gasteiger partial charge in [-0.3, -0.25) is 9.59 Å². The Morgan fingerprint density at radius 2 is 1.48 bits per heavy atom. The molecule has 2 N–H and O–H groups in total. The Bertz CT molecular complexity index is 1230. The summed E-state index contributed by atoms with van der Waals surface area (Å²) in [4.78, 5) is 37.1. The smallest absolute Gasteiger partial charge is 0.343 e. The number of para-hydroxylation sites is 2. The van der Waals surface area contributed by atoms with Crippen LogP contribution in [-0.4, -0.2) is 23.5 Å². The molecule has 7 heteroatoms. The number of hydrazone groups is 1. The third-order valence-corrected chi connectivity index (χ3v) is 4.98. The van der Waals surface area contributed by atoms with Crippen LogP contribution in [0.4, 0.5) is 5.69 Å². The van der Waals surface area contributed by atoms with Crippen molar-refractivity contribution in [1.29, 1.82) is 0 Å². The summed E-state index contributed by atoms with van der Waals surface area (Å²) in [7, 11) is 0. The van der Waals surface area contributed by atoms with Gasteiger partial charge in [-0.25, -0.2) is 10.2 Å². The molecule has 0 aliphatic carbocycles. The summed E-state index contributed by atoms with van der Waals surface area (Å²) in [6.07, 6.45) is 0. The zero-order valence-electron chi connectivity index (χ0n) is 18.9. The van der Waals surface area contributed by atoms with E-state index in [0.717, 1.165) is 16.7 Å². The summed E-state index contributed by atoms with van der Waals surface area (Å²) >= 11 is 0. The van der Waals surface area contributed by atoms with Crippen LogP contribution in [0.3, 0.4) is 0 Å². The minimum Gasteiger partial charge on any atom is -0.422 e. The van der Waals surface area contributed by atoms with Gasteiger partial charge < -0.3 is 10.1 Å². The second kappa shape index (κ2) is 10.4. The number of aryl methyl sites for hydroxylation is 3. The van der Waals surface area contributed by atoms with E-state index in [1.807, 2.05) is 45.0 Å². The van der Waals surface area contributed by atoms with Crippen molar-refractivity contribution in [2.24, 2.45) is 5.10 Å². The van der Waals surface area contributed by atoms with Crippen molar-refractivity contribution in [3.8, 4) is 5.75 Å². The molecule has 0 unspecified atom stereocenters. The van der Waals surface area contributed by atoms with Crippen molar-refractivity contribution < 1.29 is 19.1 Å². The van der Waals surface area contributed by atoms with Crippen LogP contribution in [0.25, 0.3) is 0 Å². The number of nitrogens with one attached hydrogen (secondary N) is 2. The zero-order valence-corrected chi connectivity index (χ0v) is 18.9. The van der Waals surface area contributed by atoms with Crippen LogP contribution in [0.2, 0.25) is 0 Å². The van der Waals surface area contributed by atoms with Crippen molar-refractivity contribution in [2.75, 3.05) is 5.32 Å². The number of amides is 2. The maximum atomic E-state index is 12.5. The third kappa shape index (κ3) is 5.92. The van der Waals surface area contributed by atoms with E-state index < -0.39 is 17.8 Å². The average Bonchev–Trinajstić information content (AvgIpc) is 2.80. The van der Waals surface area contributed by atoms with Crippen LogP contribution in [0.15, 0.2) is 71.8 Å². The molecule has 0 bridgehead atoms. The predicted molar refractivity (Wildman–Crippen MR) is 127 cm³/mol. The fourth-order valence-corrected chi connectivity index (χ4v) is 3.21. The molecule has 0 saturated heterocycles. The monoisotopic (exact) mass is 443 g/mol. The number of nitrogens with zero attached hydrogens (tertiary/aromatic N) is 1. The van der Waals surface area contributed by atoms with Gasteiger partial charge in [-0.2, -0.15) is 5.10 Å². The standard InChI is InChI=1S/C26H25N3O4/c1-16-9-7-12-20(15-16)26(32)33-22-14-6-5-13-21(22)19(4)28-29-25(31)24(30)27-23-17(2)10-8-11-18(23)3/h5-15H,1-4H3,(H,27,30)(H,29,31). The lowest BCUT2D eigenvalue weighted by atomic mass is 10.1. The number of rotatable bonds is 5. The number of anilines is 1. The van der Waals surface area contributed by atoms with Crippen LogP contribution in [0.5, 0.6) is 5.75 Å². The number of ether oxygens (including phenoxy) is 1. The van der Waals surface area contributed by atoms with Gasteiger partial charge in [-0.1, -0.05) is 48.0 Å². The Hall–Kier alpha value is -4.26. The first kappa shape index (κ1) is 23.4. The van der Waals surface area contributed by atoms with Gasteiger partial charge in [0, 0.05) is 11.3 Å². The first-order valence-corrected chi connectivity index (χ1v) is 10.4. The van der Waals surface area contributed by atoms with E-state index in [4.69, 9.17) is 4.74 Å². The van der Waals surface area contributed by atoms with E-state index in [0.29, 0.717) is 28.3 Å². The number of carbonyl (C=O) groups is 3. The Kier molecular flexibility index (Phi) is 7.35. The van der Waals surface area contributed by atoms with Gasteiger partial charge in [0.1, 0.15) is 5.75 Å². The van der Waals surface area contributed by atoms with Crippen LogP contribution in [-0.2, 0) is 9.59 Å². The van der Waals surface area contributed by atoms with Crippen molar-refractivity contribution in [3.63, 3.8) is 0 Å². The summed E-state index contributed by atoms with van der Waals surface area (Å²) in [6, 6.07) is 19.5. The SMILES string of the molecule is CC(=NNC(=O)C(=O)Nc1c(C)cccc1C)c1ccccc1OC(=O)c1cccc(C)c1. The van der Waals surface area contributed by atoms with Crippen molar-refractivity contribution in [1.82, 2.24) is 5.43 Å². The molecule has 0 fully saturated rings. The summed E-state index contributed by atoms with van der Waals surface area (Å²) in [6.45, 7) is 7.22. The fraction of sp³-hybridized carbons (Fsp3) is 0.154. The molecule has 2 amide bonds. The summed E-state index contributed by atoms with van der Waals surface area (Å²) in [5.41, 5.74) is 6.79. The van der Waals surface area contributed by atoms with E-state index in [9.17, 15) is 14.4 Å². The van der Waals surface area contributed by atoms with E-state index in [1.54, 1.807) is 49.4 Å². The molecule has 3 rings (SSSR count). The normalized spacial score (nSPS) is 11.0. The molecule has 0 aliphatic rings. The first-order chi connectivity index (χ1) is 15.8. The fourth-order valence-electron chi connectivity index (χ4n) is 3.21. The molecule has 3 aromatic rings. The van der Waals surface area contributed by atoms with Gasteiger partial charge >= 0.3 is 17.8 Å². The predicted octanol–water partition coefficient (Wildman–Crippen LogP) is 4.31. The molecule has 33 heavy (non-hydrogen) atoms. The first-order valence-electron chi connectivity index (χ1n) is 10.4. The Morgan fingerprint density at radius 1 is 0.818 bits per heavy atom. The summed E-state index contributed by atoms with van der Waals surface area (Å²) < 4.78 is 5.56. The molecule has 7 nitrogen and oxygen atoms in total. The van der Waals surface area contributed by atoms with Gasteiger partial charge in [0.2, 0.25) is 0 Å². The molecule has 0 aliphatic heterocycles. The average molecular weight is 444 g/mol. The highest BCUT2D eigenvalue weighted by Crippen LogP contribution is 2.21. The molecule has 0 aromatic heterocycles. The maximum absolute atomic E-state index is 12.5. The molecule has 0 radical (unpaired) electrons. The van der Waals surface area contributed by atoms with Crippen LogP contribution >= 0.6 is 0 Å². The summed E-state index contributed by atoms with van der Waals surface area (Å²) in [5.74, 6) is -1.95. The van der Waals surface area contributed by atoms with Gasteiger partial charge in [0.15, 0.2) is 0 Å². The Labute approximate surface area is 192 Å². The zero-order chi connectivity index (χ0) is 24.0. The van der Waals surface area contributed by atoms with Crippen molar-refractivity contribution in [2.45, 2.75) is 27.7 Å². The van der Waals surface area contributed by atoms with Gasteiger partial charge in [-0.05, 0) is 63.1 Å². The number of hydrogen-bond acceptors (Lipinski definition) is 5. The minimum atomic E-state index is -0.911. The highest BCUT2D eigenvalue weighted by atomic mass is 16.5. The van der Waals surface area contributed by atoms with Gasteiger partial charge in [-0.15, -0.1) is 0 Å². The van der Waals surface area contributed by atoms with Crippen molar-refractivity contribution in [3.05, 3.63) is 94.5 Å². The lowest BCUT2D eigenvalue weighted by molar-refractivity contribution is -0.136. The molecular weight excluding hydrogens is 418 g/mol. The van der Waals surface area contributed by atoms with Crippen LogP contribution in [0.1, 0.15) is 39.5 Å². The Morgan fingerprint density at radius 3 is 2.18 bits per heavy atom. The van der Waals surface area contributed by atoms with Crippen LogP contribution in [0, 0.1) is 20.8 Å². The van der Waals surface area contributed by atoms with Crippen LogP contribution < -0.4 is 15.5 Å². The molecule has 0 heterocycles. The van der Waals surface area contributed by atoms with E-state index in [-0.39, 0.29) is 0 Å². The number of esters is 1. The highest BCUT2D eigenvalue weighted by molar-refractivity contribution is 6.39. The molecule has 0 atom stereocenters. The minimum absolute atomic E-state index is 0.291. The molecular formula is C26H25N3O4. The van der Waals surface area contributed by atoms with E-state index in [2.05, 4.69) is 15.8 Å². The van der Waals surface area contributed by atoms with E-state index in [1.165, 1.54) is 0 Å². The second-order valence-corrected chi connectivity index (χ2v) is 7.61. The molecule has 0 saturated carbocycles.